The molecule has 118 valence electrons. The van der Waals surface area contributed by atoms with Crippen molar-refractivity contribution >= 4 is 5.91 Å². The molecule has 0 aromatic heterocycles. The minimum atomic E-state index is 0.171. The maximum atomic E-state index is 11.8. The van der Waals surface area contributed by atoms with Gasteiger partial charge in [-0.2, -0.15) is 0 Å². The Morgan fingerprint density at radius 2 is 1.85 bits per heavy atom. The van der Waals surface area contributed by atoms with Crippen molar-refractivity contribution in [3.8, 4) is 0 Å². The molecule has 0 saturated carbocycles. The third kappa shape index (κ3) is 7.85. The maximum Gasteiger partial charge on any atom is 0.234 e. The largest absolute Gasteiger partial charge is 0.355 e. The van der Waals surface area contributed by atoms with Gasteiger partial charge in [-0.1, -0.05) is 13.8 Å². The molecule has 0 unspecified atom stereocenters. The van der Waals surface area contributed by atoms with Gasteiger partial charge in [-0.3, -0.25) is 9.69 Å². The van der Waals surface area contributed by atoms with Crippen LogP contribution in [0.1, 0.15) is 47.5 Å². The molecule has 4 heteroatoms. The molecular formula is C16H33N3O. The Kier molecular flexibility index (Phi) is 6.96. The Balaban J connectivity index is 2.17. The van der Waals surface area contributed by atoms with Crippen molar-refractivity contribution in [3.05, 3.63) is 0 Å². The van der Waals surface area contributed by atoms with Gasteiger partial charge in [0.1, 0.15) is 0 Å². The minimum Gasteiger partial charge on any atom is -0.355 e. The van der Waals surface area contributed by atoms with Crippen molar-refractivity contribution < 1.29 is 4.79 Å². The Bertz CT molecular complexity index is 289. The first-order valence-electron chi connectivity index (χ1n) is 8.00. The fourth-order valence-electron chi connectivity index (χ4n) is 2.38. The van der Waals surface area contributed by atoms with Crippen molar-refractivity contribution in [2.45, 2.75) is 53.0 Å². The SMILES string of the molecule is CC(C)CNC(=O)CN1CCC(CNC(C)(C)C)CC1. The van der Waals surface area contributed by atoms with Crippen LogP contribution in [0, 0.1) is 11.8 Å². The number of likely N-dealkylation sites (tertiary alicyclic amines) is 1. The number of amides is 1. The van der Waals surface area contributed by atoms with Gasteiger partial charge in [0.2, 0.25) is 5.91 Å². The van der Waals surface area contributed by atoms with Gasteiger partial charge in [0.15, 0.2) is 0 Å². The summed E-state index contributed by atoms with van der Waals surface area (Å²) in [6, 6.07) is 0. The van der Waals surface area contributed by atoms with E-state index in [0.29, 0.717) is 12.5 Å². The molecule has 1 heterocycles. The lowest BCUT2D eigenvalue weighted by Gasteiger charge is -2.33. The average molecular weight is 283 g/mol. The number of nitrogens with one attached hydrogen (secondary N) is 2. The summed E-state index contributed by atoms with van der Waals surface area (Å²) < 4.78 is 0. The lowest BCUT2D eigenvalue weighted by Crippen LogP contribution is -2.45. The Hall–Kier alpha value is -0.610. The van der Waals surface area contributed by atoms with E-state index in [1.165, 1.54) is 12.8 Å². The number of hydrogen-bond donors (Lipinski definition) is 2. The van der Waals surface area contributed by atoms with E-state index in [0.717, 1.165) is 32.1 Å². The van der Waals surface area contributed by atoms with Gasteiger partial charge in [-0.15, -0.1) is 0 Å². The lowest BCUT2D eigenvalue weighted by molar-refractivity contribution is -0.122. The van der Waals surface area contributed by atoms with Crippen LogP contribution in [0.3, 0.4) is 0 Å². The Morgan fingerprint density at radius 3 is 2.35 bits per heavy atom. The zero-order chi connectivity index (χ0) is 15.2. The van der Waals surface area contributed by atoms with E-state index in [4.69, 9.17) is 0 Å². The van der Waals surface area contributed by atoms with E-state index in [1.54, 1.807) is 0 Å². The molecule has 1 aliphatic rings. The number of piperidine rings is 1. The summed E-state index contributed by atoms with van der Waals surface area (Å²) >= 11 is 0. The van der Waals surface area contributed by atoms with Gasteiger partial charge in [0.05, 0.1) is 6.54 Å². The molecule has 0 spiro atoms. The number of rotatable bonds is 6. The topological polar surface area (TPSA) is 44.4 Å². The van der Waals surface area contributed by atoms with Crippen molar-refractivity contribution in [1.82, 2.24) is 15.5 Å². The number of carbonyl (C=O) groups is 1. The van der Waals surface area contributed by atoms with Crippen molar-refractivity contribution in [3.63, 3.8) is 0 Å². The van der Waals surface area contributed by atoms with Crippen molar-refractivity contribution in [2.75, 3.05) is 32.7 Å². The van der Waals surface area contributed by atoms with Gasteiger partial charge in [-0.25, -0.2) is 0 Å². The average Bonchev–Trinajstić information content (AvgIpc) is 2.34. The molecule has 1 aliphatic heterocycles. The zero-order valence-electron chi connectivity index (χ0n) is 14.0. The summed E-state index contributed by atoms with van der Waals surface area (Å²) in [5.74, 6) is 1.45. The smallest absolute Gasteiger partial charge is 0.234 e. The van der Waals surface area contributed by atoms with Gasteiger partial charge in [0.25, 0.3) is 0 Å². The molecule has 1 rings (SSSR count). The van der Waals surface area contributed by atoms with E-state index in [-0.39, 0.29) is 11.4 Å². The molecule has 0 bridgehead atoms. The Labute approximate surface area is 124 Å². The molecule has 0 aromatic rings. The molecule has 4 nitrogen and oxygen atoms in total. The predicted molar refractivity (Wildman–Crippen MR) is 84.8 cm³/mol. The lowest BCUT2D eigenvalue weighted by atomic mass is 9.95. The van der Waals surface area contributed by atoms with Gasteiger partial charge in [0, 0.05) is 12.1 Å². The number of carbonyl (C=O) groups excluding carboxylic acids is 1. The second-order valence-corrected chi connectivity index (χ2v) is 7.55. The minimum absolute atomic E-state index is 0.171. The summed E-state index contributed by atoms with van der Waals surface area (Å²) in [6.45, 7) is 15.4. The van der Waals surface area contributed by atoms with Gasteiger partial charge < -0.3 is 10.6 Å². The molecule has 1 amide bonds. The summed E-state index contributed by atoms with van der Waals surface area (Å²) in [7, 11) is 0. The quantitative estimate of drug-likeness (QED) is 0.782. The predicted octanol–water partition coefficient (Wildman–Crippen LogP) is 1.86. The summed E-state index contributed by atoms with van der Waals surface area (Å²) in [4.78, 5) is 14.1. The molecule has 0 aromatic carbocycles. The molecule has 2 N–H and O–H groups in total. The van der Waals surface area contributed by atoms with Crippen LogP contribution in [0.5, 0.6) is 0 Å². The summed E-state index contributed by atoms with van der Waals surface area (Å²) in [5.41, 5.74) is 0.202. The molecule has 0 radical (unpaired) electrons. The third-order valence-electron chi connectivity index (χ3n) is 3.70. The summed E-state index contributed by atoms with van der Waals surface area (Å²) in [6.07, 6.45) is 2.39. The van der Waals surface area contributed by atoms with Crippen LogP contribution in [0.15, 0.2) is 0 Å². The number of nitrogens with zero attached hydrogens (tertiary/aromatic N) is 1. The van der Waals surface area contributed by atoms with E-state index < -0.39 is 0 Å². The van der Waals surface area contributed by atoms with E-state index in [9.17, 15) is 4.79 Å². The Morgan fingerprint density at radius 1 is 1.25 bits per heavy atom. The molecule has 0 atom stereocenters. The van der Waals surface area contributed by atoms with E-state index >= 15 is 0 Å². The molecule has 1 fully saturated rings. The van der Waals surface area contributed by atoms with Gasteiger partial charge in [-0.05, 0) is 65.1 Å². The van der Waals surface area contributed by atoms with E-state index in [1.807, 2.05) is 0 Å². The first-order chi connectivity index (χ1) is 9.26. The fourth-order valence-corrected chi connectivity index (χ4v) is 2.38. The van der Waals surface area contributed by atoms with Crippen LogP contribution < -0.4 is 10.6 Å². The number of hydrogen-bond acceptors (Lipinski definition) is 3. The first-order valence-corrected chi connectivity index (χ1v) is 8.00. The standard InChI is InChI=1S/C16H33N3O/c1-13(2)10-17-15(20)12-19-8-6-14(7-9-19)11-18-16(3,4)5/h13-14,18H,6-12H2,1-5H3,(H,17,20). The normalized spacial score (nSPS) is 18.5. The highest BCUT2D eigenvalue weighted by molar-refractivity contribution is 5.78. The fraction of sp³-hybridized carbons (Fsp3) is 0.938. The van der Waals surface area contributed by atoms with Gasteiger partial charge >= 0.3 is 0 Å². The molecule has 20 heavy (non-hydrogen) atoms. The highest BCUT2D eigenvalue weighted by Gasteiger charge is 2.22. The molecular weight excluding hydrogens is 250 g/mol. The highest BCUT2D eigenvalue weighted by Crippen LogP contribution is 2.17. The molecule has 1 saturated heterocycles. The first kappa shape index (κ1) is 17.4. The van der Waals surface area contributed by atoms with Crippen molar-refractivity contribution in [1.29, 1.82) is 0 Å². The van der Waals surface area contributed by atoms with Crippen LogP contribution >= 0.6 is 0 Å². The highest BCUT2D eigenvalue weighted by atomic mass is 16.2. The maximum absolute atomic E-state index is 11.8. The molecule has 0 aliphatic carbocycles. The van der Waals surface area contributed by atoms with E-state index in [2.05, 4.69) is 50.2 Å². The zero-order valence-corrected chi connectivity index (χ0v) is 14.0. The summed E-state index contributed by atoms with van der Waals surface area (Å²) in [5, 5.41) is 6.57. The monoisotopic (exact) mass is 283 g/mol. The second-order valence-electron chi connectivity index (χ2n) is 7.55. The van der Waals surface area contributed by atoms with Crippen LogP contribution in [-0.2, 0) is 4.79 Å². The van der Waals surface area contributed by atoms with Crippen LogP contribution in [0.25, 0.3) is 0 Å². The van der Waals surface area contributed by atoms with Crippen molar-refractivity contribution in [2.24, 2.45) is 11.8 Å². The van der Waals surface area contributed by atoms with Crippen LogP contribution in [-0.4, -0.2) is 49.1 Å². The van der Waals surface area contributed by atoms with Crippen LogP contribution in [0.2, 0.25) is 0 Å². The third-order valence-corrected chi connectivity index (χ3v) is 3.70. The second kappa shape index (κ2) is 7.99. The van der Waals surface area contributed by atoms with Crippen LogP contribution in [0.4, 0.5) is 0 Å².